The van der Waals surface area contributed by atoms with E-state index in [0.717, 1.165) is 11.1 Å². The molecule has 0 spiro atoms. The first-order valence-electron chi connectivity index (χ1n) is 11.6. The largest absolute Gasteiger partial charge is 1.00 e. The predicted octanol–water partition coefficient (Wildman–Crippen LogP) is 3.71. The minimum Gasteiger partial charge on any atom is -1.00 e. The topological polar surface area (TPSA) is 24.2 Å². The fourth-order valence-electron chi connectivity index (χ4n) is 4.14. The monoisotopic (exact) mass is 554 g/mol. The third-order valence-electron chi connectivity index (χ3n) is 6.03. The van der Waals surface area contributed by atoms with Gasteiger partial charge in [-0.05, 0) is 35.9 Å². The molecule has 0 aliphatic carbocycles. The molecule has 0 radical (unpaired) electrons. The zero-order valence-electron chi connectivity index (χ0n) is 20.3. The van der Waals surface area contributed by atoms with Crippen LogP contribution in [0.5, 0.6) is 0 Å². The van der Waals surface area contributed by atoms with Crippen LogP contribution in [0, 0.1) is 0 Å². The summed E-state index contributed by atoms with van der Waals surface area (Å²) in [6.45, 7) is 0.694. The van der Waals surface area contributed by atoms with Gasteiger partial charge in [-0.3, -0.25) is 4.79 Å². The molecular formula is C31H27BrN2OS. The maximum absolute atomic E-state index is 13.0. The first kappa shape index (κ1) is 25.5. The summed E-state index contributed by atoms with van der Waals surface area (Å²) in [7, 11) is 4.10. The van der Waals surface area contributed by atoms with Gasteiger partial charge in [-0.15, -0.1) is 0 Å². The number of halogens is 1. The number of aromatic nitrogens is 1. The van der Waals surface area contributed by atoms with Crippen LogP contribution in [-0.2, 0) is 6.54 Å². The van der Waals surface area contributed by atoms with Crippen LogP contribution in [-0.4, -0.2) is 19.9 Å². The molecule has 0 aliphatic rings. The summed E-state index contributed by atoms with van der Waals surface area (Å²) >= 11 is 1.78. The van der Waals surface area contributed by atoms with Crippen molar-refractivity contribution in [3.63, 3.8) is 0 Å². The van der Waals surface area contributed by atoms with Crippen LogP contribution in [0.1, 0.15) is 32.1 Å². The lowest BCUT2D eigenvalue weighted by molar-refractivity contribution is -0.659. The van der Waals surface area contributed by atoms with E-state index in [2.05, 4.69) is 76.2 Å². The Morgan fingerprint density at radius 3 is 2.25 bits per heavy atom. The van der Waals surface area contributed by atoms with Crippen LogP contribution in [0.3, 0.4) is 0 Å². The number of rotatable bonds is 7. The standard InChI is InChI=1S/C31H27N2OS.BrH/c1-32(2)27-18-15-23(16-19-27)17-20-30-33(28-13-6-7-14-29(28)35-30)22-24-9-8-12-26(21-24)31(34)25-10-4-3-5-11-25;/h3-21H,22H2,1-2H3;1H/q+1;/p-1. The Balaban J connectivity index is 0.00000304. The van der Waals surface area contributed by atoms with E-state index in [1.54, 1.807) is 11.3 Å². The molecule has 1 heterocycles. The van der Waals surface area contributed by atoms with Gasteiger partial charge >= 0.3 is 0 Å². The average molecular weight is 556 g/mol. The van der Waals surface area contributed by atoms with Crippen molar-refractivity contribution in [2.24, 2.45) is 0 Å². The molecule has 5 heteroatoms. The van der Waals surface area contributed by atoms with Gasteiger partial charge in [0.2, 0.25) is 5.52 Å². The number of carbonyl (C=O) groups is 1. The quantitative estimate of drug-likeness (QED) is 0.226. The van der Waals surface area contributed by atoms with Gasteiger partial charge in [-0.25, -0.2) is 0 Å². The Kier molecular flexibility index (Phi) is 8.14. The van der Waals surface area contributed by atoms with E-state index in [9.17, 15) is 4.79 Å². The van der Waals surface area contributed by atoms with Crippen molar-refractivity contribution in [2.45, 2.75) is 6.54 Å². The molecule has 0 N–H and O–H groups in total. The van der Waals surface area contributed by atoms with Crippen molar-refractivity contribution in [1.29, 1.82) is 0 Å². The number of fused-ring (bicyclic) bond motifs is 1. The fraction of sp³-hybridized carbons (Fsp3) is 0.0968. The van der Waals surface area contributed by atoms with Gasteiger partial charge in [0.25, 0.3) is 5.01 Å². The minimum atomic E-state index is 0. The lowest BCUT2D eigenvalue weighted by atomic mass is 10.0. The normalized spacial score (nSPS) is 10.9. The van der Waals surface area contributed by atoms with E-state index < -0.39 is 0 Å². The average Bonchev–Trinajstić information content (AvgIpc) is 3.25. The number of para-hydroxylation sites is 1. The van der Waals surface area contributed by atoms with Crippen LogP contribution in [0.2, 0.25) is 0 Å². The van der Waals surface area contributed by atoms with E-state index in [1.165, 1.54) is 20.9 Å². The van der Waals surface area contributed by atoms with E-state index in [4.69, 9.17) is 0 Å². The number of thiazole rings is 1. The second kappa shape index (κ2) is 11.5. The third-order valence-corrected chi connectivity index (χ3v) is 7.16. The number of carbonyl (C=O) groups excluding carboxylic acids is 1. The van der Waals surface area contributed by atoms with Gasteiger partial charge in [0.15, 0.2) is 12.3 Å². The lowest BCUT2D eigenvalue weighted by Crippen LogP contribution is -3.00. The van der Waals surface area contributed by atoms with E-state index in [-0.39, 0.29) is 22.8 Å². The first-order chi connectivity index (χ1) is 17.1. The molecule has 1 aromatic heterocycles. The SMILES string of the molecule is CN(C)c1ccc(/C=C/c2sc3ccccc3[n+]2Cc2cccc(C(=O)c3ccccc3)c2)cc1.[Br-]. The Labute approximate surface area is 226 Å². The molecule has 36 heavy (non-hydrogen) atoms. The van der Waals surface area contributed by atoms with Gasteiger partial charge in [-0.1, -0.05) is 84.1 Å². The highest BCUT2D eigenvalue weighted by atomic mass is 79.9. The van der Waals surface area contributed by atoms with Crippen molar-refractivity contribution in [1.82, 2.24) is 0 Å². The van der Waals surface area contributed by atoms with Crippen molar-refractivity contribution in [3.05, 3.63) is 130 Å². The van der Waals surface area contributed by atoms with Crippen molar-refractivity contribution in [3.8, 4) is 0 Å². The number of anilines is 1. The molecule has 0 bridgehead atoms. The molecule has 5 rings (SSSR count). The minimum absolute atomic E-state index is 0. The maximum atomic E-state index is 13.0. The molecule has 0 fully saturated rings. The van der Waals surface area contributed by atoms with Crippen LogP contribution >= 0.6 is 11.3 Å². The summed E-state index contributed by atoms with van der Waals surface area (Å²) in [5.41, 5.74) is 6.07. The van der Waals surface area contributed by atoms with Gasteiger partial charge in [-0.2, -0.15) is 4.57 Å². The van der Waals surface area contributed by atoms with E-state index in [1.807, 2.05) is 62.6 Å². The second-order valence-corrected chi connectivity index (χ2v) is 9.77. The lowest BCUT2D eigenvalue weighted by Gasteiger charge is -2.11. The number of hydrogen-bond acceptors (Lipinski definition) is 3. The molecule has 0 atom stereocenters. The summed E-state index contributed by atoms with van der Waals surface area (Å²) in [6.07, 6.45) is 4.35. The van der Waals surface area contributed by atoms with Crippen LogP contribution in [0.4, 0.5) is 5.69 Å². The van der Waals surface area contributed by atoms with Crippen LogP contribution in [0.25, 0.3) is 22.4 Å². The number of nitrogens with zero attached hydrogens (tertiary/aromatic N) is 2. The number of benzene rings is 4. The zero-order valence-corrected chi connectivity index (χ0v) is 22.7. The molecule has 0 aliphatic heterocycles. The van der Waals surface area contributed by atoms with Crippen LogP contribution < -0.4 is 26.4 Å². The van der Waals surface area contributed by atoms with Crippen LogP contribution in [0.15, 0.2) is 103 Å². The summed E-state index contributed by atoms with van der Waals surface area (Å²) in [4.78, 5) is 15.1. The molecule has 3 nitrogen and oxygen atoms in total. The molecule has 0 saturated heterocycles. The molecule has 0 unspecified atom stereocenters. The number of ketones is 1. The van der Waals surface area contributed by atoms with Crippen molar-refractivity contribution in [2.75, 3.05) is 19.0 Å². The molecule has 4 aromatic carbocycles. The molecule has 0 saturated carbocycles. The first-order valence-corrected chi connectivity index (χ1v) is 12.5. The highest BCUT2D eigenvalue weighted by Gasteiger charge is 2.19. The predicted molar refractivity (Wildman–Crippen MR) is 147 cm³/mol. The van der Waals surface area contributed by atoms with Gasteiger partial charge in [0.05, 0.1) is 0 Å². The fourth-order valence-corrected chi connectivity index (χ4v) is 5.20. The Morgan fingerprint density at radius 1 is 0.806 bits per heavy atom. The molecular weight excluding hydrogens is 528 g/mol. The summed E-state index contributed by atoms with van der Waals surface area (Å²) in [5, 5.41) is 1.17. The Hall–Kier alpha value is -3.54. The summed E-state index contributed by atoms with van der Waals surface area (Å²) < 4.78 is 3.57. The Bertz CT molecular complexity index is 1510. The van der Waals surface area contributed by atoms with Gasteiger partial charge in [0, 0.05) is 48.6 Å². The molecule has 180 valence electrons. The van der Waals surface area contributed by atoms with Gasteiger partial charge < -0.3 is 21.9 Å². The zero-order chi connectivity index (χ0) is 24.2. The molecule has 5 aromatic rings. The van der Waals surface area contributed by atoms with Crippen molar-refractivity contribution >= 4 is 45.2 Å². The Morgan fingerprint density at radius 2 is 1.50 bits per heavy atom. The highest BCUT2D eigenvalue weighted by molar-refractivity contribution is 7.18. The van der Waals surface area contributed by atoms with E-state index in [0.29, 0.717) is 17.7 Å². The smallest absolute Gasteiger partial charge is 0.263 e. The highest BCUT2D eigenvalue weighted by Crippen LogP contribution is 2.23. The second-order valence-electron chi connectivity index (χ2n) is 8.71. The molecule has 0 amide bonds. The van der Waals surface area contributed by atoms with E-state index >= 15 is 0 Å². The summed E-state index contributed by atoms with van der Waals surface area (Å²) in [6, 6.07) is 34.5. The summed E-state index contributed by atoms with van der Waals surface area (Å²) in [5.74, 6) is 0.0499. The number of hydrogen-bond donors (Lipinski definition) is 0. The maximum Gasteiger partial charge on any atom is 0.263 e. The van der Waals surface area contributed by atoms with Gasteiger partial charge in [0.1, 0.15) is 4.70 Å². The third kappa shape index (κ3) is 5.64. The van der Waals surface area contributed by atoms with Crippen molar-refractivity contribution < 1.29 is 26.3 Å².